The van der Waals surface area contributed by atoms with Gasteiger partial charge < -0.3 is 44.0 Å². The van der Waals surface area contributed by atoms with Gasteiger partial charge in [-0.25, -0.2) is 0 Å². The van der Waals surface area contributed by atoms with Gasteiger partial charge in [-0.05, 0) is 12.5 Å². The molecule has 0 aromatic carbocycles. The summed E-state index contributed by atoms with van der Waals surface area (Å²) in [5, 5.41) is 25.1. The van der Waals surface area contributed by atoms with E-state index in [1.54, 1.807) is 0 Å². The van der Waals surface area contributed by atoms with E-state index in [-0.39, 0.29) is 26.4 Å². The topological polar surface area (TPSA) is 242 Å². The third-order valence-corrected chi connectivity index (χ3v) is 6.61. The number of carbonyl (C=O) groups is 5. The molecular weight excluding hydrogens is 620 g/mol. The molecule has 0 radical (unpaired) electrons. The van der Waals surface area contributed by atoms with Crippen LogP contribution < -0.4 is 5.32 Å². The third-order valence-electron chi connectivity index (χ3n) is 5.91. The summed E-state index contributed by atoms with van der Waals surface area (Å²) in [7, 11) is 1.13. The molecule has 3 N–H and O–H groups in total. The Balaban J connectivity index is 3.42. The smallest absolute Gasteiger partial charge is 0.327 e. The SMILES string of the molecule is COC(=O)C(C)(Br)C(OCCOCCN=[N+]=[N-])O[C@@H]1O[C@@H](COC(C)=O)[C@@H](CC(=O)O)[C@@H](CC(=O)O)[C@H]1NC(C)=O. The minimum absolute atomic E-state index is 0.0108. The first-order chi connectivity index (χ1) is 19.2. The lowest BCUT2D eigenvalue weighted by atomic mass is 9.75. The molecule has 1 aliphatic rings. The number of esters is 2. The molecule has 7 atom stereocenters. The minimum Gasteiger partial charge on any atom is -0.481 e. The van der Waals surface area contributed by atoms with Crippen molar-refractivity contribution in [3.05, 3.63) is 10.4 Å². The van der Waals surface area contributed by atoms with Gasteiger partial charge in [-0.1, -0.05) is 21.0 Å². The van der Waals surface area contributed by atoms with Crippen LogP contribution in [0.3, 0.4) is 0 Å². The summed E-state index contributed by atoms with van der Waals surface area (Å²) in [5.41, 5.74) is 8.33. The van der Waals surface area contributed by atoms with E-state index in [9.17, 15) is 34.2 Å². The van der Waals surface area contributed by atoms with Crippen molar-refractivity contribution in [2.75, 3.05) is 40.1 Å². The van der Waals surface area contributed by atoms with Gasteiger partial charge in [0.2, 0.25) is 5.91 Å². The highest BCUT2D eigenvalue weighted by atomic mass is 79.9. The molecule has 2 unspecified atom stereocenters. The van der Waals surface area contributed by atoms with Crippen molar-refractivity contribution in [1.29, 1.82) is 0 Å². The highest BCUT2D eigenvalue weighted by Crippen LogP contribution is 2.39. The van der Waals surface area contributed by atoms with Crippen LogP contribution in [0.15, 0.2) is 5.11 Å². The molecule has 17 nitrogen and oxygen atoms in total. The standard InChI is InChI=1S/C23H35BrN4O13/c1-12(29)27-19-15(10-18(33)34)14(9-17(31)32)16(11-39-13(2)30)40-20(19)41-22(23(3,24)21(35)36-4)38-8-7-37-6-5-26-28-25/h14-16,19-20,22H,5-11H2,1-4H3,(H,27,29)(H,31,32)(H,33,34)/t14-,15+,16-,19+,20-,22?,23?/m0/s1. The Hall–Kier alpha value is -3.02. The second-order valence-corrected chi connectivity index (χ2v) is 10.7. The van der Waals surface area contributed by atoms with Gasteiger partial charge in [0.05, 0.1) is 51.9 Å². The highest BCUT2D eigenvalue weighted by Gasteiger charge is 2.52. The normalized spacial score (nSPS) is 24.2. The molecule has 1 rings (SSSR count). The van der Waals surface area contributed by atoms with Crippen molar-refractivity contribution in [3.8, 4) is 0 Å². The molecule has 0 aromatic rings. The number of carboxylic acid groups (broad SMARTS) is 2. The number of rotatable bonds is 18. The third kappa shape index (κ3) is 12.2. The number of carbonyl (C=O) groups excluding carboxylic acids is 3. The fourth-order valence-corrected chi connectivity index (χ4v) is 4.56. The minimum atomic E-state index is -1.66. The van der Waals surface area contributed by atoms with Gasteiger partial charge in [-0.2, -0.15) is 0 Å². The molecule has 232 valence electrons. The van der Waals surface area contributed by atoms with Crippen LogP contribution in [0.5, 0.6) is 0 Å². The Bertz CT molecular complexity index is 975. The van der Waals surface area contributed by atoms with E-state index in [1.165, 1.54) is 6.92 Å². The molecule has 41 heavy (non-hydrogen) atoms. The first-order valence-corrected chi connectivity index (χ1v) is 13.2. The predicted octanol–water partition coefficient (Wildman–Crippen LogP) is 0.974. The van der Waals surface area contributed by atoms with E-state index in [0.29, 0.717) is 0 Å². The Kier molecular flexibility index (Phi) is 15.6. The maximum Gasteiger partial charge on any atom is 0.327 e. The van der Waals surface area contributed by atoms with Crippen LogP contribution in [0.4, 0.5) is 0 Å². The summed E-state index contributed by atoms with van der Waals surface area (Å²) in [6, 6.07) is -1.23. The van der Waals surface area contributed by atoms with Gasteiger partial charge in [-0.3, -0.25) is 24.0 Å². The number of carboxylic acids is 2. The average molecular weight is 655 g/mol. The molecule has 1 aliphatic heterocycles. The number of nitrogens with zero attached hydrogens (tertiary/aromatic N) is 3. The molecule has 0 aromatic heterocycles. The fourth-order valence-electron chi connectivity index (χ4n) is 4.16. The molecule has 1 fully saturated rings. The van der Waals surface area contributed by atoms with Crippen molar-refractivity contribution >= 4 is 45.7 Å². The lowest BCUT2D eigenvalue weighted by molar-refractivity contribution is -0.306. The zero-order valence-corrected chi connectivity index (χ0v) is 24.6. The van der Waals surface area contributed by atoms with E-state index in [4.69, 9.17) is 34.0 Å². The van der Waals surface area contributed by atoms with Gasteiger partial charge >= 0.3 is 23.9 Å². The molecule has 18 heteroatoms. The van der Waals surface area contributed by atoms with Gasteiger partial charge in [0, 0.05) is 37.1 Å². The van der Waals surface area contributed by atoms with Gasteiger partial charge in [0.25, 0.3) is 0 Å². The Morgan fingerprint density at radius 3 is 2.27 bits per heavy atom. The van der Waals surface area contributed by atoms with Gasteiger partial charge in [-0.15, -0.1) is 0 Å². The maximum absolute atomic E-state index is 12.6. The second kappa shape index (κ2) is 17.7. The Morgan fingerprint density at radius 2 is 1.73 bits per heavy atom. The summed E-state index contributed by atoms with van der Waals surface area (Å²) >= 11 is 3.24. The molecule has 1 heterocycles. The predicted molar refractivity (Wildman–Crippen MR) is 139 cm³/mol. The molecule has 0 aliphatic carbocycles. The second-order valence-electron chi connectivity index (χ2n) is 9.07. The quantitative estimate of drug-likeness (QED) is 0.0355. The number of hydrogen-bond donors (Lipinski definition) is 3. The van der Waals surface area contributed by atoms with Crippen LogP contribution in [-0.2, 0) is 52.4 Å². The molecule has 0 saturated carbocycles. The Labute approximate surface area is 243 Å². The number of ether oxygens (including phenoxy) is 6. The number of azide groups is 1. The highest BCUT2D eigenvalue weighted by molar-refractivity contribution is 9.10. The average Bonchev–Trinajstić information content (AvgIpc) is 2.87. The first kappa shape index (κ1) is 36.0. The van der Waals surface area contributed by atoms with E-state index >= 15 is 0 Å². The first-order valence-electron chi connectivity index (χ1n) is 12.4. The van der Waals surface area contributed by atoms with Crippen molar-refractivity contribution in [2.45, 2.75) is 62.7 Å². The number of methoxy groups -OCH3 is 1. The fraction of sp³-hybridized carbons (Fsp3) is 0.783. The van der Waals surface area contributed by atoms with Crippen LogP contribution in [0, 0.1) is 11.8 Å². The number of halogens is 1. The van der Waals surface area contributed by atoms with E-state index in [1.807, 2.05) is 0 Å². The Morgan fingerprint density at radius 1 is 1.10 bits per heavy atom. The molecule has 1 amide bonds. The molecule has 0 bridgehead atoms. The lowest BCUT2D eigenvalue weighted by Gasteiger charge is -2.47. The van der Waals surface area contributed by atoms with Crippen molar-refractivity contribution in [2.24, 2.45) is 17.0 Å². The largest absolute Gasteiger partial charge is 0.481 e. The summed E-state index contributed by atoms with van der Waals surface area (Å²) in [5.74, 6) is -6.78. The summed E-state index contributed by atoms with van der Waals surface area (Å²) in [6.07, 6.45) is -5.34. The molecule has 1 saturated heterocycles. The number of hydrogen-bond acceptors (Lipinski definition) is 12. The van der Waals surface area contributed by atoms with E-state index in [2.05, 4.69) is 31.3 Å². The summed E-state index contributed by atoms with van der Waals surface area (Å²) in [4.78, 5) is 62.4. The van der Waals surface area contributed by atoms with Crippen LogP contribution >= 0.6 is 15.9 Å². The van der Waals surface area contributed by atoms with Crippen LogP contribution in [0.25, 0.3) is 10.4 Å². The van der Waals surface area contributed by atoms with Crippen molar-refractivity contribution in [3.63, 3.8) is 0 Å². The van der Waals surface area contributed by atoms with E-state index < -0.39 is 90.1 Å². The number of alkyl halides is 1. The van der Waals surface area contributed by atoms with Gasteiger partial charge in [0.15, 0.2) is 16.9 Å². The van der Waals surface area contributed by atoms with Crippen molar-refractivity contribution in [1.82, 2.24) is 5.32 Å². The van der Waals surface area contributed by atoms with Crippen LogP contribution in [0.2, 0.25) is 0 Å². The zero-order valence-electron chi connectivity index (χ0n) is 23.0. The van der Waals surface area contributed by atoms with Crippen LogP contribution in [-0.4, -0.2) is 109 Å². The summed E-state index contributed by atoms with van der Waals surface area (Å²) < 4.78 is 31.3. The van der Waals surface area contributed by atoms with E-state index in [0.717, 1.165) is 21.0 Å². The van der Waals surface area contributed by atoms with Gasteiger partial charge in [0.1, 0.15) is 6.61 Å². The molecule has 0 spiro atoms. The lowest BCUT2D eigenvalue weighted by Crippen LogP contribution is -2.62. The molecular formula is C23H35BrN4O13. The summed E-state index contributed by atoms with van der Waals surface area (Å²) in [6.45, 7) is 3.24. The maximum atomic E-state index is 12.6. The van der Waals surface area contributed by atoms with Crippen LogP contribution in [0.1, 0.15) is 33.6 Å². The number of nitrogens with one attached hydrogen (secondary N) is 1. The van der Waals surface area contributed by atoms with Crippen molar-refractivity contribution < 1.29 is 62.6 Å². The monoisotopic (exact) mass is 654 g/mol. The number of aliphatic carboxylic acids is 2. The zero-order chi connectivity index (χ0) is 31.2. The number of amides is 1.